The molecule has 0 amide bonds. The second-order valence-corrected chi connectivity index (χ2v) is 4.39. The molecule has 1 unspecified atom stereocenters. The van der Waals surface area contributed by atoms with Crippen LogP contribution in [0.4, 0.5) is 10.1 Å². The Morgan fingerprint density at radius 3 is 2.71 bits per heavy atom. The maximum atomic E-state index is 12.5. The first-order valence-electron chi connectivity index (χ1n) is 4.98. The van der Waals surface area contributed by atoms with Gasteiger partial charge in [0.1, 0.15) is 0 Å². The number of nitrogens with zero attached hydrogens (tertiary/aromatic N) is 1. The Labute approximate surface area is 83.6 Å². The van der Waals surface area contributed by atoms with E-state index >= 15 is 0 Å². The summed E-state index contributed by atoms with van der Waals surface area (Å²) >= 11 is 0. The molecule has 0 radical (unpaired) electrons. The largest absolute Gasteiger partial charge is 0.381 e. The first-order chi connectivity index (χ1) is 6.60. The topological polar surface area (TPSA) is 24.9 Å². The van der Waals surface area contributed by atoms with Gasteiger partial charge in [-0.3, -0.25) is 0 Å². The Morgan fingerprint density at radius 2 is 2.21 bits per heavy atom. The minimum atomic E-state index is -0.430. The van der Waals surface area contributed by atoms with Crippen LogP contribution in [0.1, 0.15) is 26.7 Å². The SMILES string of the molecule is CC(Nc1ccc(F)nc1)C1(C)CC1. The number of nitrogens with one attached hydrogen (secondary N) is 1. The summed E-state index contributed by atoms with van der Waals surface area (Å²) in [6.45, 7) is 4.43. The molecule has 14 heavy (non-hydrogen) atoms. The van der Waals surface area contributed by atoms with Crippen molar-refractivity contribution in [3.8, 4) is 0 Å². The summed E-state index contributed by atoms with van der Waals surface area (Å²) < 4.78 is 12.5. The maximum absolute atomic E-state index is 12.5. The van der Waals surface area contributed by atoms with Gasteiger partial charge in [0.15, 0.2) is 0 Å². The van der Waals surface area contributed by atoms with E-state index in [2.05, 4.69) is 24.1 Å². The van der Waals surface area contributed by atoms with E-state index in [0.717, 1.165) is 5.69 Å². The molecule has 1 atom stereocenters. The third-order valence-corrected chi connectivity index (χ3v) is 3.19. The van der Waals surface area contributed by atoms with E-state index < -0.39 is 5.95 Å². The van der Waals surface area contributed by atoms with E-state index in [1.165, 1.54) is 25.1 Å². The van der Waals surface area contributed by atoms with Crippen LogP contribution in [0.15, 0.2) is 18.3 Å². The van der Waals surface area contributed by atoms with E-state index in [9.17, 15) is 4.39 Å². The van der Waals surface area contributed by atoms with Crippen molar-refractivity contribution in [3.63, 3.8) is 0 Å². The quantitative estimate of drug-likeness (QED) is 0.748. The molecule has 0 saturated heterocycles. The molecule has 76 valence electrons. The summed E-state index contributed by atoms with van der Waals surface area (Å²) in [6, 6.07) is 3.53. The van der Waals surface area contributed by atoms with Gasteiger partial charge in [-0.15, -0.1) is 0 Å². The minimum absolute atomic E-state index is 0.425. The predicted octanol–water partition coefficient (Wildman–Crippen LogP) is 2.82. The van der Waals surface area contributed by atoms with Crippen LogP contribution in [0.5, 0.6) is 0 Å². The Hall–Kier alpha value is -1.12. The number of halogens is 1. The van der Waals surface area contributed by atoms with E-state index in [-0.39, 0.29) is 0 Å². The lowest BCUT2D eigenvalue weighted by atomic mass is 10.0. The second kappa shape index (κ2) is 3.23. The third-order valence-electron chi connectivity index (χ3n) is 3.19. The number of aromatic nitrogens is 1. The Kier molecular flexibility index (Phi) is 2.17. The fourth-order valence-electron chi connectivity index (χ4n) is 1.52. The average Bonchev–Trinajstić information content (AvgIpc) is 2.89. The molecule has 1 aliphatic carbocycles. The standard InChI is InChI=1S/C11H15FN2/c1-8(11(2)5-6-11)14-9-3-4-10(12)13-7-9/h3-4,7-8,14H,5-6H2,1-2H3. The number of anilines is 1. The van der Waals surface area contributed by atoms with Crippen molar-refractivity contribution < 1.29 is 4.39 Å². The third kappa shape index (κ3) is 1.86. The Morgan fingerprint density at radius 1 is 1.50 bits per heavy atom. The van der Waals surface area contributed by atoms with Crippen molar-refractivity contribution in [2.24, 2.45) is 5.41 Å². The summed E-state index contributed by atoms with van der Waals surface area (Å²) in [5, 5.41) is 3.34. The fourth-order valence-corrected chi connectivity index (χ4v) is 1.52. The molecule has 0 bridgehead atoms. The summed E-state index contributed by atoms with van der Waals surface area (Å²) in [6.07, 6.45) is 4.09. The molecule has 1 aromatic rings. The van der Waals surface area contributed by atoms with Gasteiger partial charge < -0.3 is 5.32 Å². The second-order valence-electron chi connectivity index (χ2n) is 4.39. The molecule has 1 saturated carbocycles. The lowest BCUT2D eigenvalue weighted by Crippen LogP contribution is -2.24. The van der Waals surface area contributed by atoms with Gasteiger partial charge in [-0.25, -0.2) is 4.98 Å². The molecule has 1 aromatic heterocycles. The molecular weight excluding hydrogens is 179 g/mol. The number of pyridine rings is 1. The van der Waals surface area contributed by atoms with Crippen LogP contribution in [0.2, 0.25) is 0 Å². The van der Waals surface area contributed by atoms with Gasteiger partial charge in [-0.1, -0.05) is 6.92 Å². The highest BCUT2D eigenvalue weighted by molar-refractivity contribution is 5.41. The van der Waals surface area contributed by atoms with Crippen molar-refractivity contribution >= 4 is 5.69 Å². The lowest BCUT2D eigenvalue weighted by molar-refractivity contribution is 0.493. The Bertz CT molecular complexity index is 317. The first kappa shape index (κ1) is 9.44. The highest BCUT2D eigenvalue weighted by Gasteiger charge is 2.42. The van der Waals surface area contributed by atoms with Crippen molar-refractivity contribution in [1.82, 2.24) is 4.98 Å². The Balaban J connectivity index is 2.00. The van der Waals surface area contributed by atoms with Crippen LogP contribution in [-0.2, 0) is 0 Å². The van der Waals surface area contributed by atoms with Gasteiger partial charge in [0.05, 0.1) is 11.9 Å². The highest BCUT2D eigenvalue weighted by Crippen LogP contribution is 2.48. The van der Waals surface area contributed by atoms with Crippen LogP contribution in [0.3, 0.4) is 0 Å². The summed E-state index contributed by atoms with van der Waals surface area (Å²) in [5.41, 5.74) is 1.32. The van der Waals surface area contributed by atoms with Crippen LogP contribution < -0.4 is 5.32 Å². The molecule has 0 spiro atoms. The van der Waals surface area contributed by atoms with Crippen LogP contribution in [-0.4, -0.2) is 11.0 Å². The van der Waals surface area contributed by atoms with E-state index in [4.69, 9.17) is 0 Å². The lowest BCUT2D eigenvalue weighted by Gasteiger charge is -2.21. The van der Waals surface area contributed by atoms with Crippen molar-refractivity contribution in [2.75, 3.05) is 5.32 Å². The molecule has 2 rings (SSSR count). The summed E-state index contributed by atoms with van der Waals surface area (Å²) in [5.74, 6) is -0.430. The van der Waals surface area contributed by atoms with Crippen molar-refractivity contribution in [3.05, 3.63) is 24.3 Å². The van der Waals surface area contributed by atoms with Gasteiger partial charge >= 0.3 is 0 Å². The zero-order valence-electron chi connectivity index (χ0n) is 8.55. The fraction of sp³-hybridized carbons (Fsp3) is 0.545. The average molecular weight is 194 g/mol. The molecule has 0 aliphatic heterocycles. The predicted molar refractivity (Wildman–Crippen MR) is 54.6 cm³/mol. The minimum Gasteiger partial charge on any atom is -0.381 e. The molecule has 1 heterocycles. The molecular formula is C11H15FN2. The van der Waals surface area contributed by atoms with E-state index in [0.29, 0.717) is 11.5 Å². The zero-order chi connectivity index (χ0) is 10.2. The van der Waals surface area contributed by atoms with Crippen LogP contribution >= 0.6 is 0 Å². The molecule has 0 aromatic carbocycles. The number of hydrogen-bond acceptors (Lipinski definition) is 2. The van der Waals surface area contributed by atoms with Crippen LogP contribution in [0.25, 0.3) is 0 Å². The van der Waals surface area contributed by atoms with Gasteiger partial charge in [0.2, 0.25) is 5.95 Å². The normalized spacial score (nSPS) is 20.2. The molecule has 2 nitrogen and oxygen atoms in total. The molecule has 1 N–H and O–H groups in total. The maximum Gasteiger partial charge on any atom is 0.212 e. The first-order valence-corrected chi connectivity index (χ1v) is 4.98. The number of rotatable bonds is 3. The smallest absolute Gasteiger partial charge is 0.212 e. The van der Waals surface area contributed by atoms with Gasteiger partial charge in [-0.05, 0) is 37.3 Å². The van der Waals surface area contributed by atoms with Gasteiger partial charge in [0.25, 0.3) is 0 Å². The molecule has 3 heteroatoms. The van der Waals surface area contributed by atoms with Crippen molar-refractivity contribution in [1.29, 1.82) is 0 Å². The van der Waals surface area contributed by atoms with E-state index in [1.807, 2.05) is 0 Å². The monoisotopic (exact) mass is 194 g/mol. The van der Waals surface area contributed by atoms with Crippen LogP contribution in [0, 0.1) is 11.4 Å². The number of hydrogen-bond donors (Lipinski definition) is 1. The molecule has 1 fully saturated rings. The van der Waals surface area contributed by atoms with Crippen molar-refractivity contribution in [2.45, 2.75) is 32.7 Å². The summed E-state index contributed by atoms with van der Waals surface area (Å²) in [4.78, 5) is 3.61. The summed E-state index contributed by atoms with van der Waals surface area (Å²) in [7, 11) is 0. The highest BCUT2D eigenvalue weighted by atomic mass is 19.1. The molecule has 1 aliphatic rings. The zero-order valence-corrected chi connectivity index (χ0v) is 8.55. The van der Waals surface area contributed by atoms with E-state index in [1.54, 1.807) is 6.07 Å². The van der Waals surface area contributed by atoms with Gasteiger partial charge in [0, 0.05) is 6.04 Å². The van der Waals surface area contributed by atoms with Gasteiger partial charge in [-0.2, -0.15) is 4.39 Å².